The molecule has 1 N–H and O–H groups in total. The van der Waals surface area contributed by atoms with Gasteiger partial charge in [-0.25, -0.2) is 4.98 Å². The number of aromatic amines is 1. The number of hydrogen-bond acceptors (Lipinski definition) is 5. The van der Waals surface area contributed by atoms with E-state index >= 15 is 0 Å². The number of fused-ring (bicyclic) bond motifs is 3. The van der Waals surface area contributed by atoms with Crippen molar-refractivity contribution in [2.75, 3.05) is 17.7 Å². The number of nitrogens with zero attached hydrogens (tertiary/aromatic N) is 2. The van der Waals surface area contributed by atoms with E-state index in [1.54, 1.807) is 23.3 Å². The van der Waals surface area contributed by atoms with Crippen LogP contribution in [0.4, 0.5) is 5.69 Å². The molecule has 0 atom stereocenters. The van der Waals surface area contributed by atoms with Gasteiger partial charge in [-0.3, -0.25) is 9.59 Å². The summed E-state index contributed by atoms with van der Waals surface area (Å²) in [5.41, 5.74) is 2.04. The number of hydrogen-bond donors (Lipinski definition) is 1. The molecular weight excluding hydrogens is 378 g/mol. The highest BCUT2D eigenvalue weighted by Crippen LogP contribution is 2.33. The number of carbonyl (C=O) groups is 1. The van der Waals surface area contributed by atoms with Crippen LogP contribution in [0, 0.1) is 0 Å². The summed E-state index contributed by atoms with van der Waals surface area (Å²) in [4.78, 5) is 36.3. The Bertz CT molecular complexity index is 1030. The molecule has 1 amide bonds. The third-order valence-electron chi connectivity index (χ3n) is 4.86. The average Bonchev–Trinajstić information content (AvgIpc) is 3.06. The van der Waals surface area contributed by atoms with Gasteiger partial charge in [-0.05, 0) is 43.4 Å². The second kappa shape index (κ2) is 7.86. The smallest absolute Gasteiger partial charge is 0.259 e. The zero-order chi connectivity index (χ0) is 18.8. The molecule has 1 aliphatic rings. The lowest BCUT2D eigenvalue weighted by atomic mass is 9.97. The quantitative estimate of drug-likeness (QED) is 0.709. The van der Waals surface area contributed by atoms with Crippen molar-refractivity contribution < 1.29 is 4.79 Å². The molecule has 0 saturated carbocycles. The molecule has 0 spiro atoms. The first-order chi connectivity index (χ1) is 13.1. The zero-order valence-corrected chi connectivity index (χ0v) is 16.8. The third-order valence-corrected chi connectivity index (χ3v) is 6.97. The molecule has 2 aromatic heterocycles. The van der Waals surface area contributed by atoms with Crippen LogP contribution >= 0.6 is 23.1 Å². The third kappa shape index (κ3) is 3.80. The number of thioether (sulfide) groups is 1. The highest BCUT2D eigenvalue weighted by atomic mass is 32.2. The molecule has 1 aromatic carbocycles. The van der Waals surface area contributed by atoms with Gasteiger partial charge in [-0.15, -0.1) is 23.1 Å². The summed E-state index contributed by atoms with van der Waals surface area (Å²) < 4.78 is 0. The monoisotopic (exact) mass is 399 g/mol. The topological polar surface area (TPSA) is 66.1 Å². The average molecular weight is 400 g/mol. The van der Waals surface area contributed by atoms with Crippen LogP contribution < -0.4 is 10.5 Å². The molecule has 0 unspecified atom stereocenters. The number of benzene rings is 1. The van der Waals surface area contributed by atoms with Gasteiger partial charge in [-0.1, -0.05) is 18.2 Å². The van der Waals surface area contributed by atoms with E-state index in [0.29, 0.717) is 17.3 Å². The Morgan fingerprint density at radius 1 is 1.26 bits per heavy atom. The second-order valence-corrected chi connectivity index (χ2v) is 8.75. The number of nitrogens with one attached hydrogen (secondary N) is 1. The van der Waals surface area contributed by atoms with Gasteiger partial charge in [0.05, 0.1) is 16.9 Å². The standard InChI is InChI=1S/C20H21N3O2S2/c1-23(13-7-3-2-4-8-13)17(24)12-26-11-16-21-19(25)18-14-9-5-6-10-15(14)27-20(18)22-16/h2-4,7-8H,5-6,9-12H2,1H3,(H,21,22,25). The molecule has 140 valence electrons. The first kappa shape index (κ1) is 18.3. The number of aryl methyl sites for hydroxylation is 2. The SMILES string of the molecule is CN(C(=O)CSCc1nc2sc3c(c2c(=O)[nH]1)CCCC3)c1ccccc1. The van der Waals surface area contributed by atoms with Crippen LogP contribution in [-0.2, 0) is 23.4 Å². The number of amides is 1. The lowest BCUT2D eigenvalue weighted by Gasteiger charge is -2.16. The van der Waals surface area contributed by atoms with Crippen molar-refractivity contribution in [3.63, 3.8) is 0 Å². The molecule has 3 aromatic rings. The maximum Gasteiger partial charge on any atom is 0.259 e. The fourth-order valence-electron chi connectivity index (χ4n) is 3.40. The number of thiophene rings is 1. The van der Waals surface area contributed by atoms with Gasteiger partial charge >= 0.3 is 0 Å². The van der Waals surface area contributed by atoms with Crippen LogP contribution in [0.3, 0.4) is 0 Å². The van der Waals surface area contributed by atoms with Crippen LogP contribution in [0.5, 0.6) is 0 Å². The van der Waals surface area contributed by atoms with Crippen molar-refractivity contribution in [1.82, 2.24) is 9.97 Å². The first-order valence-electron chi connectivity index (χ1n) is 9.06. The van der Waals surface area contributed by atoms with Crippen molar-refractivity contribution in [3.8, 4) is 0 Å². The fourth-order valence-corrected chi connectivity index (χ4v) is 5.49. The molecule has 27 heavy (non-hydrogen) atoms. The molecule has 7 heteroatoms. The van der Waals surface area contributed by atoms with Crippen molar-refractivity contribution in [1.29, 1.82) is 0 Å². The van der Waals surface area contributed by atoms with Gasteiger partial charge in [0.15, 0.2) is 0 Å². The predicted octanol–water partition coefficient (Wildman–Crippen LogP) is 3.76. The van der Waals surface area contributed by atoms with E-state index in [1.807, 2.05) is 30.3 Å². The Hall–Kier alpha value is -2.12. The van der Waals surface area contributed by atoms with Crippen molar-refractivity contribution >= 4 is 44.9 Å². The van der Waals surface area contributed by atoms with Crippen LogP contribution in [0.25, 0.3) is 10.2 Å². The molecule has 0 aliphatic heterocycles. The largest absolute Gasteiger partial charge is 0.315 e. The zero-order valence-electron chi connectivity index (χ0n) is 15.2. The summed E-state index contributed by atoms with van der Waals surface area (Å²) in [6, 6.07) is 9.58. The molecule has 5 nitrogen and oxygen atoms in total. The number of aromatic nitrogens is 2. The number of rotatable bonds is 5. The summed E-state index contributed by atoms with van der Waals surface area (Å²) in [5, 5.41) is 0.781. The van der Waals surface area contributed by atoms with Gasteiger partial charge in [0.25, 0.3) is 5.56 Å². The lowest BCUT2D eigenvalue weighted by Crippen LogP contribution is -2.27. The van der Waals surface area contributed by atoms with E-state index in [2.05, 4.69) is 9.97 Å². The Morgan fingerprint density at radius 2 is 2.04 bits per heavy atom. The minimum atomic E-state index is -0.0391. The van der Waals surface area contributed by atoms with Gasteiger partial charge in [0.2, 0.25) is 5.91 Å². The van der Waals surface area contributed by atoms with Crippen molar-refractivity contribution in [3.05, 3.63) is 57.0 Å². The first-order valence-corrected chi connectivity index (χ1v) is 11.0. The molecular formula is C20H21N3O2S2. The van der Waals surface area contributed by atoms with Crippen LogP contribution in [-0.4, -0.2) is 28.7 Å². The number of carbonyl (C=O) groups excluding carboxylic acids is 1. The molecule has 0 fully saturated rings. The Labute approximate surface area is 165 Å². The van der Waals surface area contributed by atoms with E-state index in [1.165, 1.54) is 28.6 Å². The fraction of sp³-hybridized carbons (Fsp3) is 0.350. The van der Waals surface area contributed by atoms with Crippen molar-refractivity contribution in [2.24, 2.45) is 0 Å². The Balaban J connectivity index is 1.43. The van der Waals surface area contributed by atoms with E-state index in [4.69, 9.17) is 0 Å². The highest BCUT2D eigenvalue weighted by molar-refractivity contribution is 7.99. The van der Waals surface area contributed by atoms with E-state index < -0.39 is 0 Å². The van der Waals surface area contributed by atoms with Gasteiger partial charge < -0.3 is 9.88 Å². The second-order valence-electron chi connectivity index (χ2n) is 6.68. The molecule has 0 saturated heterocycles. The van der Waals surface area contributed by atoms with Crippen LogP contribution in [0.2, 0.25) is 0 Å². The maximum absolute atomic E-state index is 12.5. The Morgan fingerprint density at radius 3 is 2.85 bits per heavy atom. The maximum atomic E-state index is 12.5. The van der Waals surface area contributed by atoms with E-state index in [-0.39, 0.29) is 11.5 Å². The van der Waals surface area contributed by atoms with Crippen LogP contribution in [0.1, 0.15) is 29.1 Å². The number of H-pyrrole nitrogens is 1. The van der Waals surface area contributed by atoms with Gasteiger partial charge in [-0.2, -0.15) is 0 Å². The molecule has 0 radical (unpaired) electrons. The predicted molar refractivity (Wildman–Crippen MR) is 113 cm³/mol. The van der Waals surface area contributed by atoms with Crippen molar-refractivity contribution in [2.45, 2.75) is 31.4 Å². The van der Waals surface area contributed by atoms with E-state index in [0.717, 1.165) is 35.2 Å². The summed E-state index contributed by atoms with van der Waals surface area (Å²) >= 11 is 3.12. The van der Waals surface area contributed by atoms with E-state index in [9.17, 15) is 9.59 Å². The highest BCUT2D eigenvalue weighted by Gasteiger charge is 2.20. The number of anilines is 1. The molecule has 1 aliphatic carbocycles. The molecule has 4 rings (SSSR count). The Kier molecular flexibility index (Phi) is 5.31. The number of para-hydroxylation sites is 1. The summed E-state index contributed by atoms with van der Waals surface area (Å²) in [7, 11) is 1.78. The normalized spacial score (nSPS) is 13.5. The summed E-state index contributed by atoms with van der Waals surface area (Å²) in [6.45, 7) is 0. The minimum Gasteiger partial charge on any atom is -0.315 e. The minimum absolute atomic E-state index is 0.0289. The summed E-state index contributed by atoms with van der Waals surface area (Å²) in [6.07, 6.45) is 4.37. The molecule has 2 heterocycles. The summed E-state index contributed by atoms with van der Waals surface area (Å²) in [5.74, 6) is 1.53. The molecule has 0 bridgehead atoms. The van der Waals surface area contributed by atoms with Crippen LogP contribution in [0.15, 0.2) is 35.1 Å². The lowest BCUT2D eigenvalue weighted by molar-refractivity contribution is -0.115. The van der Waals surface area contributed by atoms with Gasteiger partial charge in [0, 0.05) is 17.6 Å². The van der Waals surface area contributed by atoms with Gasteiger partial charge in [0.1, 0.15) is 10.7 Å².